The summed E-state index contributed by atoms with van der Waals surface area (Å²) in [5, 5.41) is 5.25. The van der Waals surface area contributed by atoms with Crippen molar-refractivity contribution in [1.29, 1.82) is 5.31 Å². The number of hydrogen-bond donors (Lipinski definition) is 1. The van der Waals surface area contributed by atoms with Gasteiger partial charge in [0.25, 0.3) is 0 Å². The van der Waals surface area contributed by atoms with Crippen LogP contribution in [0.3, 0.4) is 0 Å². The van der Waals surface area contributed by atoms with Gasteiger partial charge in [0.2, 0.25) is 0 Å². The topological polar surface area (TPSA) is 23.9 Å². The van der Waals surface area contributed by atoms with Crippen LogP contribution in [-0.2, 0) is 0 Å². The quantitative estimate of drug-likeness (QED) is 0.399. The molecule has 0 spiro atoms. The van der Waals surface area contributed by atoms with Crippen LogP contribution in [0.4, 0.5) is 0 Å². The van der Waals surface area contributed by atoms with Crippen LogP contribution in [0.15, 0.2) is 0 Å². The van der Waals surface area contributed by atoms with E-state index in [1.54, 1.807) is 0 Å². The standard InChI is InChI=1S/C2H6.BHN/c2*1-2/h1-2H3;2H. The molecule has 0 atom stereocenters. The fourth-order valence-electron chi connectivity index (χ4n) is 0. The van der Waals surface area contributed by atoms with Gasteiger partial charge in [0.05, 0.1) is 0 Å². The molecule has 0 aromatic heterocycles. The van der Waals surface area contributed by atoms with E-state index in [9.17, 15) is 0 Å². The van der Waals surface area contributed by atoms with Crippen molar-refractivity contribution in [3.63, 3.8) is 0 Å². The summed E-state index contributed by atoms with van der Waals surface area (Å²) < 4.78 is 0. The Kier molecular flexibility index (Phi) is 1250. The molecule has 1 radical (unpaired) electrons. The monoisotopic (exact) mass is 56.1 g/mol. The number of rotatable bonds is 0. The third-order valence-electron chi connectivity index (χ3n) is 0. The Morgan fingerprint density at radius 2 is 1.25 bits per heavy atom. The molecular weight excluding hydrogens is 48.8 g/mol. The molecule has 0 saturated carbocycles. The summed E-state index contributed by atoms with van der Waals surface area (Å²) >= 11 is 0. The van der Waals surface area contributed by atoms with Crippen molar-refractivity contribution in [2.75, 3.05) is 0 Å². The number of hydrogen-bond acceptors (Lipinski definition) is 1. The Morgan fingerprint density at radius 3 is 1.25 bits per heavy atom. The average molecular weight is 55.9 g/mol. The van der Waals surface area contributed by atoms with Gasteiger partial charge in [-0.3, -0.25) is 0 Å². The van der Waals surface area contributed by atoms with Crippen LogP contribution in [0.5, 0.6) is 0 Å². The van der Waals surface area contributed by atoms with E-state index in [1.807, 2.05) is 13.8 Å². The van der Waals surface area contributed by atoms with Gasteiger partial charge in [-0.05, 0) is 0 Å². The van der Waals surface area contributed by atoms with Gasteiger partial charge >= 0.3 is 13.0 Å². The Balaban J connectivity index is 0. The first-order valence-electron chi connectivity index (χ1n) is 1.29. The molecule has 0 fully saturated rings. The van der Waals surface area contributed by atoms with Crippen LogP contribution in [-0.4, -0.2) is 7.64 Å². The molecule has 0 aliphatic carbocycles. The van der Waals surface area contributed by atoms with Gasteiger partial charge in [-0.2, -0.15) is 0 Å². The summed E-state index contributed by atoms with van der Waals surface area (Å²) in [6, 6.07) is 0. The van der Waals surface area contributed by atoms with E-state index in [0.29, 0.717) is 0 Å². The molecule has 4 heavy (non-hydrogen) atoms. The fraction of sp³-hybridized carbons (Fsp3) is 1.00. The molecule has 0 heterocycles. The van der Waals surface area contributed by atoms with Gasteiger partial charge < -0.3 is 0 Å². The number of nitrogens with one attached hydrogen (secondary N) is 1. The van der Waals surface area contributed by atoms with Gasteiger partial charge in [-0.1, -0.05) is 13.8 Å². The molecule has 0 aliphatic heterocycles. The first kappa shape index (κ1) is 9.12. The van der Waals surface area contributed by atoms with Crippen LogP contribution >= 0.6 is 0 Å². The van der Waals surface area contributed by atoms with Gasteiger partial charge in [0.1, 0.15) is 0 Å². The molecule has 0 aromatic carbocycles. The van der Waals surface area contributed by atoms with Gasteiger partial charge in [-0.25, -0.2) is 0 Å². The van der Waals surface area contributed by atoms with E-state index >= 15 is 0 Å². The summed E-state index contributed by atoms with van der Waals surface area (Å²) in [5.41, 5.74) is 0. The second kappa shape index (κ2) is 546. The predicted octanol–water partition coefficient (Wildman–Crippen LogP) is 0.943. The summed E-state index contributed by atoms with van der Waals surface area (Å²) in [6.07, 6.45) is 0. The zero-order chi connectivity index (χ0) is 4.00. The fourth-order valence-corrected chi connectivity index (χ4v) is 0. The molecule has 1 nitrogen and oxygen atoms in total. The Morgan fingerprint density at radius 1 is 1.25 bits per heavy atom. The SMILES string of the molecule is CC.[B]=N. The Labute approximate surface area is 27.9 Å². The molecule has 0 aliphatic rings. The molecule has 0 rings (SSSR count). The first-order valence-corrected chi connectivity index (χ1v) is 1.29. The van der Waals surface area contributed by atoms with Crippen molar-refractivity contribution in [3.05, 3.63) is 0 Å². The third-order valence-corrected chi connectivity index (χ3v) is 0. The zero-order valence-corrected chi connectivity index (χ0v) is 3.08. The van der Waals surface area contributed by atoms with E-state index in [2.05, 4.69) is 7.64 Å². The summed E-state index contributed by atoms with van der Waals surface area (Å²) in [5.74, 6) is 0. The van der Waals surface area contributed by atoms with Crippen molar-refractivity contribution >= 4 is 7.64 Å². The second-order valence-electron chi connectivity index (χ2n) is 0. The molecule has 0 unspecified atom stereocenters. The molecule has 0 aromatic rings. The molecule has 23 valence electrons. The molecule has 1 N–H and O–H groups in total. The van der Waals surface area contributed by atoms with Crippen molar-refractivity contribution in [2.24, 2.45) is 0 Å². The van der Waals surface area contributed by atoms with Gasteiger partial charge in [0, 0.05) is 0 Å². The third kappa shape index (κ3) is 76.5. The van der Waals surface area contributed by atoms with Crippen molar-refractivity contribution in [1.82, 2.24) is 0 Å². The minimum absolute atomic E-state index is 2.00. The minimum atomic E-state index is 2.00. The van der Waals surface area contributed by atoms with Crippen LogP contribution in [0.25, 0.3) is 0 Å². The van der Waals surface area contributed by atoms with E-state index in [-0.39, 0.29) is 0 Å². The van der Waals surface area contributed by atoms with Gasteiger partial charge in [0.15, 0.2) is 0 Å². The maximum atomic E-state index is 5.25. The van der Waals surface area contributed by atoms with Crippen LogP contribution < -0.4 is 0 Å². The Hall–Kier alpha value is -0.135. The average Bonchev–Trinajstić information content (AvgIpc) is 1.50. The van der Waals surface area contributed by atoms with Crippen molar-refractivity contribution in [2.45, 2.75) is 13.8 Å². The Bertz CT molecular complexity index is 6.00. The summed E-state index contributed by atoms with van der Waals surface area (Å²) in [4.78, 5) is 0. The van der Waals surface area contributed by atoms with E-state index in [4.69, 9.17) is 5.31 Å². The molecule has 0 saturated heterocycles. The molecule has 0 amide bonds. The van der Waals surface area contributed by atoms with E-state index in [0.717, 1.165) is 0 Å². The normalized spacial score (nSPS) is 2.25. The van der Waals surface area contributed by atoms with Crippen molar-refractivity contribution < 1.29 is 0 Å². The zero-order valence-electron chi connectivity index (χ0n) is 3.08. The maximum absolute atomic E-state index is 5.25. The van der Waals surface area contributed by atoms with Crippen LogP contribution in [0.1, 0.15) is 13.8 Å². The van der Waals surface area contributed by atoms with Crippen molar-refractivity contribution in [3.8, 4) is 0 Å². The van der Waals surface area contributed by atoms with E-state index in [1.165, 1.54) is 0 Å². The molecule has 2 heteroatoms. The molecular formula is C2H7BN. The summed E-state index contributed by atoms with van der Waals surface area (Å²) in [7, 11) is 3.75. The van der Waals surface area contributed by atoms with Crippen LogP contribution in [0.2, 0.25) is 0 Å². The summed E-state index contributed by atoms with van der Waals surface area (Å²) in [6.45, 7) is 4.00. The molecule has 0 bridgehead atoms. The second-order valence-corrected chi connectivity index (χ2v) is 0. The van der Waals surface area contributed by atoms with Gasteiger partial charge in [-0.15, -0.1) is 0 Å². The van der Waals surface area contributed by atoms with Crippen LogP contribution in [0, 0.1) is 5.31 Å². The van der Waals surface area contributed by atoms with E-state index < -0.39 is 0 Å². The first-order chi connectivity index (χ1) is 2.00. The predicted molar refractivity (Wildman–Crippen MR) is 19.8 cm³/mol.